The molecule has 1 heterocycles. The predicted octanol–water partition coefficient (Wildman–Crippen LogP) is 4.32. The van der Waals surface area contributed by atoms with Gasteiger partial charge in [-0.3, -0.25) is 9.59 Å². The molecule has 1 aromatic heterocycles. The van der Waals surface area contributed by atoms with Gasteiger partial charge >= 0.3 is 0 Å². The third-order valence-corrected chi connectivity index (χ3v) is 4.91. The Kier molecular flexibility index (Phi) is 5.36. The zero-order chi connectivity index (χ0) is 20.4. The molecule has 0 atom stereocenters. The SMILES string of the molecule is CNC(=O)c1ccc(C)c(NC(=O)c2cc(C)n(-c3cccc(C)c3)c2C)c1. The minimum atomic E-state index is -0.191. The molecule has 0 spiro atoms. The van der Waals surface area contributed by atoms with Crippen molar-refractivity contribution in [1.82, 2.24) is 9.88 Å². The number of carbonyl (C=O) groups is 2. The van der Waals surface area contributed by atoms with Gasteiger partial charge in [-0.25, -0.2) is 0 Å². The molecule has 0 saturated heterocycles. The van der Waals surface area contributed by atoms with E-state index in [0.717, 1.165) is 28.2 Å². The first kappa shape index (κ1) is 19.4. The van der Waals surface area contributed by atoms with Gasteiger partial charge in [0, 0.05) is 35.4 Å². The number of aromatic nitrogens is 1. The van der Waals surface area contributed by atoms with E-state index in [2.05, 4.69) is 21.3 Å². The van der Waals surface area contributed by atoms with E-state index < -0.39 is 0 Å². The van der Waals surface area contributed by atoms with Gasteiger partial charge in [-0.1, -0.05) is 18.2 Å². The summed E-state index contributed by atoms with van der Waals surface area (Å²) < 4.78 is 2.08. The third kappa shape index (κ3) is 3.69. The van der Waals surface area contributed by atoms with Crippen molar-refractivity contribution in [2.24, 2.45) is 0 Å². The number of aryl methyl sites for hydroxylation is 3. The van der Waals surface area contributed by atoms with Gasteiger partial charge in [-0.15, -0.1) is 0 Å². The molecule has 0 aliphatic heterocycles. The summed E-state index contributed by atoms with van der Waals surface area (Å²) in [6.45, 7) is 7.88. The standard InChI is InChI=1S/C23H25N3O2/c1-14-7-6-8-19(11-14)26-16(3)12-20(17(26)4)23(28)25-21-13-18(22(27)24-5)10-9-15(21)2/h6-13H,1-5H3,(H,24,27)(H,25,28). The number of anilines is 1. The molecule has 3 rings (SSSR count). The fourth-order valence-corrected chi connectivity index (χ4v) is 3.39. The fraction of sp³-hybridized carbons (Fsp3) is 0.217. The molecular formula is C23H25N3O2. The van der Waals surface area contributed by atoms with E-state index in [1.54, 1.807) is 19.2 Å². The van der Waals surface area contributed by atoms with E-state index in [1.807, 2.05) is 58.0 Å². The second kappa shape index (κ2) is 7.72. The smallest absolute Gasteiger partial charge is 0.257 e. The maximum atomic E-state index is 13.0. The van der Waals surface area contributed by atoms with Crippen LogP contribution in [0, 0.1) is 27.7 Å². The van der Waals surface area contributed by atoms with Gasteiger partial charge in [0.25, 0.3) is 11.8 Å². The monoisotopic (exact) mass is 375 g/mol. The Labute approximate surface area is 165 Å². The van der Waals surface area contributed by atoms with Gasteiger partial charge in [0.2, 0.25) is 0 Å². The van der Waals surface area contributed by atoms with E-state index in [-0.39, 0.29) is 11.8 Å². The molecule has 2 N–H and O–H groups in total. The number of nitrogens with one attached hydrogen (secondary N) is 2. The second-order valence-corrected chi connectivity index (χ2v) is 7.02. The number of rotatable bonds is 4. The molecule has 28 heavy (non-hydrogen) atoms. The van der Waals surface area contributed by atoms with Crippen LogP contribution in [0.25, 0.3) is 5.69 Å². The maximum Gasteiger partial charge on any atom is 0.257 e. The molecular weight excluding hydrogens is 350 g/mol. The Balaban J connectivity index is 1.95. The summed E-state index contributed by atoms with van der Waals surface area (Å²) in [5.74, 6) is -0.378. The summed E-state index contributed by atoms with van der Waals surface area (Å²) in [7, 11) is 1.58. The minimum absolute atomic E-state index is 0.187. The number of hydrogen-bond donors (Lipinski definition) is 2. The van der Waals surface area contributed by atoms with Crippen LogP contribution in [0.2, 0.25) is 0 Å². The highest BCUT2D eigenvalue weighted by Gasteiger charge is 2.18. The van der Waals surface area contributed by atoms with Crippen LogP contribution < -0.4 is 10.6 Å². The quantitative estimate of drug-likeness (QED) is 0.713. The largest absolute Gasteiger partial charge is 0.355 e. The first-order valence-corrected chi connectivity index (χ1v) is 9.22. The van der Waals surface area contributed by atoms with Crippen LogP contribution in [0.5, 0.6) is 0 Å². The lowest BCUT2D eigenvalue weighted by molar-refractivity contribution is 0.0961. The third-order valence-electron chi connectivity index (χ3n) is 4.91. The van der Waals surface area contributed by atoms with Crippen LogP contribution in [0.1, 0.15) is 43.2 Å². The number of benzene rings is 2. The molecule has 0 fully saturated rings. The predicted molar refractivity (Wildman–Crippen MR) is 113 cm³/mol. The van der Waals surface area contributed by atoms with Crippen LogP contribution >= 0.6 is 0 Å². The molecule has 2 amide bonds. The Bertz CT molecular complexity index is 1060. The van der Waals surface area contributed by atoms with Gasteiger partial charge in [-0.05, 0) is 69.2 Å². The van der Waals surface area contributed by atoms with Crippen LogP contribution in [-0.2, 0) is 0 Å². The Morgan fingerprint density at radius 2 is 1.64 bits per heavy atom. The highest BCUT2D eigenvalue weighted by molar-refractivity contribution is 6.06. The lowest BCUT2D eigenvalue weighted by Crippen LogP contribution is -2.19. The summed E-state index contributed by atoms with van der Waals surface area (Å²) in [6.07, 6.45) is 0. The fourth-order valence-electron chi connectivity index (χ4n) is 3.39. The number of amides is 2. The average Bonchev–Trinajstić information content (AvgIpc) is 2.97. The molecule has 3 aromatic rings. The molecule has 0 aliphatic rings. The Morgan fingerprint density at radius 3 is 2.32 bits per heavy atom. The zero-order valence-corrected chi connectivity index (χ0v) is 16.9. The van der Waals surface area contributed by atoms with Crippen LogP contribution in [0.4, 0.5) is 5.69 Å². The lowest BCUT2D eigenvalue weighted by atomic mass is 10.1. The average molecular weight is 375 g/mol. The summed E-state index contributed by atoms with van der Waals surface area (Å²) >= 11 is 0. The number of carbonyl (C=O) groups excluding carboxylic acids is 2. The van der Waals surface area contributed by atoms with Gasteiger partial charge in [0.1, 0.15) is 0 Å². The van der Waals surface area contributed by atoms with Crippen molar-refractivity contribution in [3.05, 3.63) is 82.2 Å². The van der Waals surface area contributed by atoms with Crippen molar-refractivity contribution in [3.8, 4) is 5.69 Å². The van der Waals surface area contributed by atoms with Crippen molar-refractivity contribution in [2.45, 2.75) is 27.7 Å². The molecule has 0 radical (unpaired) electrons. The van der Waals surface area contributed by atoms with E-state index in [9.17, 15) is 9.59 Å². The first-order chi connectivity index (χ1) is 13.3. The van der Waals surface area contributed by atoms with E-state index in [1.165, 1.54) is 0 Å². The van der Waals surface area contributed by atoms with Crippen molar-refractivity contribution in [2.75, 3.05) is 12.4 Å². The van der Waals surface area contributed by atoms with Gasteiger partial charge in [-0.2, -0.15) is 0 Å². The highest BCUT2D eigenvalue weighted by Crippen LogP contribution is 2.24. The van der Waals surface area contributed by atoms with Gasteiger partial charge < -0.3 is 15.2 Å². The van der Waals surface area contributed by atoms with Crippen LogP contribution in [0.15, 0.2) is 48.5 Å². The second-order valence-electron chi connectivity index (χ2n) is 7.02. The van der Waals surface area contributed by atoms with E-state index in [4.69, 9.17) is 0 Å². The normalized spacial score (nSPS) is 10.6. The Morgan fingerprint density at radius 1 is 0.893 bits per heavy atom. The topological polar surface area (TPSA) is 63.1 Å². The summed E-state index contributed by atoms with van der Waals surface area (Å²) in [5, 5.41) is 5.56. The maximum absolute atomic E-state index is 13.0. The van der Waals surface area contributed by atoms with Crippen molar-refractivity contribution in [1.29, 1.82) is 0 Å². The molecule has 0 unspecified atom stereocenters. The van der Waals surface area contributed by atoms with E-state index in [0.29, 0.717) is 16.8 Å². The Hall–Kier alpha value is -3.34. The van der Waals surface area contributed by atoms with Crippen LogP contribution in [-0.4, -0.2) is 23.4 Å². The van der Waals surface area contributed by atoms with Crippen molar-refractivity contribution < 1.29 is 9.59 Å². The summed E-state index contributed by atoms with van der Waals surface area (Å²) in [5.41, 5.74) is 6.71. The van der Waals surface area contributed by atoms with Gasteiger partial charge in [0.05, 0.1) is 5.56 Å². The molecule has 5 nitrogen and oxygen atoms in total. The minimum Gasteiger partial charge on any atom is -0.355 e. The lowest BCUT2D eigenvalue weighted by Gasteiger charge is -2.12. The summed E-state index contributed by atoms with van der Waals surface area (Å²) in [4.78, 5) is 24.9. The number of hydrogen-bond acceptors (Lipinski definition) is 2. The van der Waals surface area contributed by atoms with Crippen molar-refractivity contribution >= 4 is 17.5 Å². The van der Waals surface area contributed by atoms with Crippen LogP contribution in [0.3, 0.4) is 0 Å². The number of nitrogens with zero attached hydrogens (tertiary/aromatic N) is 1. The van der Waals surface area contributed by atoms with E-state index >= 15 is 0 Å². The molecule has 0 saturated carbocycles. The zero-order valence-electron chi connectivity index (χ0n) is 16.9. The summed E-state index contributed by atoms with van der Waals surface area (Å²) in [6, 6.07) is 15.4. The van der Waals surface area contributed by atoms with Gasteiger partial charge in [0.15, 0.2) is 0 Å². The molecule has 144 valence electrons. The molecule has 5 heteroatoms. The molecule has 0 bridgehead atoms. The highest BCUT2D eigenvalue weighted by atomic mass is 16.2. The van der Waals surface area contributed by atoms with Crippen molar-refractivity contribution in [3.63, 3.8) is 0 Å². The first-order valence-electron chi connectivity index (χ1n) is 9.22. The molecule has 0 aliphatic carbocycles. The molecule has 2 aromatic carbocycles.